The van der Waals surface area contributed by atoms with Gasteiger partial charge in [-0.15, -0.1) is 0 Å². The Bertz CT molecular complexity index is 1660. The lowest BCUT2D eigenvalue weighted by Gasteiger charge is -2.50. The fraction of sp³-hybridized carbons (Fsp3) is 0.500. The molecule has 0 amide bonds. The highest BCUT2D eigenvalue weighted by Crippen LogP contribution is 2.54. The van der Waals surface area contributed by atoms with Crippen LogP contribution in [-0.4, -0.2) is 103 Å². The van der Waals surface area contributed by atoms with Gasteiger partial charge in [0.1, 0.15) is 22.8 Å². The normalized spacial score (nSPS) is 25.3. The first-order chi connectivity index (χ1) is 19.9. The molecule has 232 valence electrons. The number of aliphatic hydroxyl groups is 3. The molecule has 1 aromatic carbocycles. The molecule has 0 spiro atoms. The van der Waals surface area contributed by atoms with Crippen LogP contribution in [0, 0.1) is 23.7 Å². The van der Waals surface area contributed by atoms with Gasteiger partial charge in [0.15, 0.2) is 17.2 Å². The van der Waals surface area contributed by atoms with Crippen molar-refractivity contribution in [2.75, 3.05) is 39.6 Å². The molecule has 0 aliphatic heterocycles. The highest BCUT2D eigenvalue weighted by molar-refractivity contribution is 7.90. The van der Waals surface area contributed by atoms with Gasteiger partial charge >= 0.3 is 0 Å². The van der Waals surface area contributed by atoms with Gasteiger partial charge in [-0.3, -0.25) is 19.3 Å². The molecule has 12 nitrogen and oxygen atoms in total. The average molecular weight is 616 g/mol. The van der Waals surface area contributed by atoms with Crippen LogP contribution in [0.4, 0.5) is 5.69 Å². The van der Waals surface area contributed by atoms with Gasteiger partial charge in [0.05, 0.1) is 29.0 Å². The minimum absolute atomic E-state index is 0.0100. The number of aliphatic hydroxyl groups excluding tert-OH is 2. The zero-order chi connectivity index (χ0) is 32.3. The number of sulfonamides is 1. The van der Waals surface area contributed by atoms with E-state index in [9.17, 15) is 43.2 Å². The van der Waals surface area contributed by atoms with Crippen molar-refractivity contribution < 1.29 is 43.2 Å². The summed E-state index contributed by atoms with van der Waals surface area (Å²) in [6.07, 6.45) is 0.157. The summed E-state index contributed by atoms with van der Waals surface area (Å²) in [5, 5.41) is 45.0. The maximum absolute atomic E-state index is 14.1. The lowest BCUT2D eigenvalue weighted by atomic mass is 9.57. The number of nitrogens with zero attached hydrogens (tertiary/aromatic N) is 2. The summed E-state index contributed by atoms with van der Waals surface area (Å²) in [6.45, 7) is 3.87. The number of nitrogens with one attached hydrogen (secondary N) is 1. The highest BCUT2D eigenvalue weighted by Gasteiger charge is 2.64. The van der Waals surface area contributed by atoms with Crippen LogP contribution >= 0.6 is 0 Å². The molecular weight excluding hydrogens is 578 g/mol. The largest absolute Gasteiger partial charge is 0.508 e. The number of hydrogen-bond donors (Lipinski definition) is 5. The number of anilines is 1. The number of phenolic OH excluding ortho intramolecular Hbond substituents is 1. The Morgan fingerprint density at radius 2 is 1.79 bits per heavy atom. The van der Waals surface area contributed by atoms with E-state index in [-0.39, 0.29) is 36.1 Å². The third kappa shape index (κ3) is 5.02. The van der Waals surface area contributed by atoms with Gasteiger partial charge in [-0.2, -0.15) is 0 Å². The molecule has 0 aromatic heterocycles. The second-order valence-corrected chi connectivity index (χ2v) is 14.2. The summed E-state index contributed by atoms with van der Waals surface area (Å²) in [4.78, 5) is 43.0. The minimum Gasteiger partial charge on any atom is -0.508 e. The topological polar surface area (TPSA) is 185 Å². The Labute approximate surface area is 250 Å². The summed E-state index contributed by atoms with van der Waals surface area (Å²) < 4.78 is 26.4. The second-order valence-electron chi connectivity index (χ2n) is 11.9. The molecule has 0 bridgehead atoms. The van der Waals surface area contributed by atoms with E-state index in [0.29, 0.717) is 11.3 Å². The fourth-order valence-electron chi connectivity index (χ4n) is 6.33. The number of likely N-dealkylation sites (N-methyl/N-ethyl adjacent to an activating group) is 1. The predicted octanol–water partition coefficient (Wildman–Crippen LogP) is 0.813. The monoisotopic (exact) mass is 615 g/mol. The lowest BCUT2D eigenvalue weighted by molar-refractivity contribution is -0.153. The maximum Gasteiger partial charge on any atom is 0.214 e. The minimum atomic E-state index is -3.57. The van der Waals surface area contributed by atoms with Crippen molar-refractivity contribution in [3.8, 4) is 17.6 Å². The molecular formula is C30H37N3O9S. The maximum atomic E-state index is 14.1. The van der Waals surface area contributed by atoms with Gasteiger partial charge in [0, 0.05) is 31.3 Å². The van der Waals surface area contributed by atoms with Crippen molar-refractivity contribution >= 4 is 38.8 Å². The Balaban J connectivity index is 1.90. The zero-order valence-corrected chi connectivity index (χ0v) is 26.0. The SMILES string of the molecule is CC(=O)C1=C(O)C2(O)C(=O)C3=C(O)c4c(O)c(C#CCNS(=O)(=O)C(C)C)cc(N(C)C)c4CC3CC2C(N(C)C)C1=O. The van der Waals surface area contributed by atoms with Crippen molar-refractivity contribution in [2.45, 2.75) is 50.5 Å². The third-order valence-corrected chi connectivity index (χ3v) is 10.3. The molecule has 1 aromatic rings. The smallest absolute Gasteiger partial charge is 0.214 e. The van der Waals surface area contributed by atoms with E-state index in [1.54, 1.807) is 39.2 Å². The molecule has 43 heavy (non-hydrogen) atoms. The number of aromatic hydroxyl groups is 1. The Morgan fingerprint density at radius 3 is 2.33 bits per heavy atom. The van der Waals surface area contributed by atoms with E-state index in [4.69, 9.17) is 0 Å². The molecule has 3 aliphatic carbocycles. The second kappa shape index (κ2) is 11.1. The number of ketones is 3. The van der Waals surface area contributed by atoms with Crippen LogP contribution in [0.3, 0.4) is 0 Å². The molecule has 0 radical (unpaired) electrons. The molecule has 0 saturated heterocycles. The van der Waals surface area contributed by atoms with Gasteiger partial charge in [-0.25, -0.2) is 13.1 Å². The highest BCUT2D eigenvalue weighted by atomic mass is 32.2. The van der Waals surface area contributed by atoms with Crippen molar-refractivity contribution in [3.05, 3.63) is 39.7 Å². The molecule has 4 rings (SSSR count). The van der Waals surface area contributed by atoms with Gasteiger partial charge in [-0.05, 0) is 65.3 Å². The van der Waals surface area contributed by atoms with Crippen LogP contribution in [0.1, 0.15) is 43.9 Å². The van der Waals surface area contributed by atoms with Crippen molar-refractivity contribution in [3.63, 3.8) is 0 Å². The van der Waals surface area contributed by atoms with E-state index in [1.165, 1.54) is 18.7 Å². The van der Waals surface area contributed by atoms with Gasteiger partial charge in [-0.1, -0.05) is 11.8 Å². The summed E-state index contributed by atoms with van der Waals surface area (Å²) in [7, 11) is 3.07. The summed E-state index contributed by atoms with van der Waals surface area (Å²) in [6, 6.07) is 0.499. The summed E-state index contributed by atoms with van der Waals surface area (Å²) in [5.41, 5.74) is -2.49. The molecule has 0 heterocycles. The van der Waals surface area contributed by atoms with E-state index in [0.717, 1.165) is 6.92 Å². The Kier molecular flexibility index (Phi) is 8.31. The van der Waals surface area contributed by atoms with Crippen LogP contribution in [0.5, 0.6) is 5.75 Å². The van der Waals surface area contributed by atoms with Crippen molar-refractivity contribution in [1.82, 2.24) is 9.62 Å². The molecule has 4 atom stereocenters. The number of Topliss-reactive ketones (excluding diaryl/α,β-unsaturated/α-hetero) is 3. The standard InChI is InChI=1S/C30H37N3O9S/c1-14(2)43(41,42)31-10-8-9-16-13-20(32(4)5)18-11-17-12-19-24(33(6)7)27(37)21(15(3)34)28(38)30(19,40)29(39)22(17)26(36)23(18)25(16)35/h13-14,17,19,24,31,35-36,38,40H,10-12H2,1-7H3. The Hall–Kier alpha value is -3.70. The third-order valence-electron chi connectivity index (χ3n) is 8.49. The first-order valence-electron chi connectivity index (χ1n) is 13.8. The van der Waals surface area contributed by atoms with E-state index in [1.807, 2.05) is 0 Å². The quantitative estimate of drug-likeness (QED) is 0.225. The summed E-state index contributed by atoms with van der Waals surface area (Å²) in [5.74, 6) is -1.08. The zero-order valence-electron chi connectivity index (χ0n) is 25.1. The van der Waals surface area contributed by atoms with Crippen LogP contribution in [0.25, 0.3) is 5.76 Å². The fourth-order valence-corrected chi connectivity index (χ4v) is 6.94. The Morgan fingerprint density at radius 1 is 1.16 bits per heavy atom. The predicted molar refractivity (Wildman–Crippen MR) is 159 cm³/mol. The molecule has 1 fully saturated rings. The van der Waals surface area contributed by atoms with Gasteiger partial charge < -0.3 is 25.3 Å². The number of carbonyl (C=O) groups excluding carboxylic acids is 3. The molecule has 13 heteroatoms. The van der Waals surface area contributed by atoms with E-state index in [2.05, 4.69) is 16.6 Å². The van der Waals surface area contributed by atoms with Crippen molar-refractivity contribution in [2.24, 2.45) is 11.8 Å². The van der Waals surface area contributed by atoms with Crippen LogP contribution in [0.15, 0.2) is 23.0 Å². The molecule has 1 saturated carbocycles. The molecule has 5 N–H and O–H groups in total. The number of phenols is 1. The number of hydrogen-bond acceptors (Lipinski definition) is 11. The molecule has 4 unspecified atom stereocenters. The average Bonchev–Trinajstić information content (AvgIpc) is 2.89. The van der Waals surface area contributed by atoms with E-state index >= 15 is 0 Å². The van der Waals surface area contributed by atoms with Crippen LogP contribution in [-0.2, 0) is 30.8 Å². The van der Waals surface area contributed by atoms with E-state index < -0.39 is 78.9 Å². The van der Waals surface area contributed by atoms with Gasteiger partial charge in [0.2, 0.25) is 15.8 Å². The number of carbonyl (C=O) groups is 3. The number of benzene rings is 1. The van der Waals surface area contributed by atoms with Crippen molar-refractivity contribution in [1.29, 1.82) is 0 Å². The van der Waals surface area contributed by atoms with Crippen LogP contribution in [0.2, 0.25) is 0 Å². The van der Waals surface area contributed by atoms with Gasteiger partial charge in [0.25, 0.3) is 0 Å². The number of fused-ring (bicyclic) bond motifs is 3. The summed E-state index contributed by atoms with van der Waals surface area (Å²) >= 11 is 0. The van der Waals surface area contributed by atoms with Crippen LogP contribution < -0.4 is 9.62 Å². The lowest BCUT2D eigenvalue weighted by Crippen LogP contribution is -2.65. The number of rotatable bonds is 6. The first-order valence-corrected chi connectivity index (χ1v) is 15.3. The molecule has 3 aliphatic rings. The first kappa shape index (κ1) is 32.2.